The number of aromatic amines is 1. The molecule has 11 heteroatoms. The third kappa shape index (κ3) is 2.70. The number of methoxy groups -OCH3 is 1. The highest BCUT2D eigenvalue weighted by Gasteiger charge is 2.20. The molecule has 0 fully saturated rings. The Bertz CT molecular complexity index is 772. The van der Waals surface area contributed by atoms with Gasteiger partial charge in [0.2, 0.25) is 0 Å². The highest BCUT2D eigenvalue weighted by Crippen LogP contribution is 2.31. The quantitative estimate of drug-likeness (QED) is 0.511. The maximum Gasteiger partial charge on any atom is 0.311 e. The van der Waals surface area contributed by atoms with E-state index in [0.29, 0.717) is 0 Å². The molecule has 0 saturated carbocycles. The van der Waals surface area contributed by atoms with E-state index in [9.17, 15) is 18.5 Å². The minimum Gasteiger partial charge on any atom is -0.490 e. The van der Waals surface area contributed by atoms with Crippen LogP contribution < -0.4 is 4.74 Å². The molecule has 0 amide bonds. The number of aromatic nitrogens is 3. The van der Waals surface area contributed by atoms with Crippen LogP contribution in [-0.4, -0.2) is 35.6 Å². The van der Waals surface area contributed by atoms with Crippen molar-refractivity contribution < 1.29 is 18.1 Å². The van der Waals surface area contributed by atoms with Crippen molar-refractivity contribution in [3.05, 3.63) is 28.3 Å². The number of benzene rings is 1. The fraction of sp³-hybridized carbons (Fsp3) is 0.111. The Balaban J connectivity index is 2.51. The van der Waals surface area contributed by atoms with E-state index < -0.39 is 19.1 Å². The number of rotatable bonds is 4. The number of ether oxygens (including phenoxy) is 1. The molecule has 0 unspecified atom stereocenters. The van der Waals surface area contributed by atoms with Gasteiger partial charge in [0, 0.05) is 22.3 Å². The molecule has 1 N–H and O–H groups in total. The lowest BCUT2D eigenvalue weighted by molar-refractivity contribution is -0.385. The van der Waals surface area contributed by atoms with E-state index in [1.807, 2.05) is 0 Å². The summed E-state index contributed by atoms with van der Waals surface area (Å²) in [5, 5.41) is 16.1. The average Bonchev–Trinajstić information content (AvgIpc) is 2.87. The molecule has 0 atom stereocenters. The van der Waals surface area contributed by atoms with Crippen molar-refractivity contribution in [3.63, 3.8) is 0 Å². The van der Waals surface area contributed by atoms with Crippen molar-refractivity contribution in [2.75, 3.05) is 7.11 Å². The predicted octanol–water partition coefficient (Wildman–Crippen LogP) is 1.32. The first-order valence-corrected chi connectivity index (χ1v) is 7.33. The Hall–Kier alpha value is -2.20. The van der Waals surface area contributed by atoms with Crippen LogP contribution in [0.25, 0.3) is 11.4 Å². The summed E-state index contributed by atoms with van der Waals surface area (Å²) in [4.78, 5) is 13.9. The molecule has 1 aromatic heterocycles. The summed E-state index contributed by atoms with van der Waals surface area (Å²) < 4.78 is 27.0. The second-order valence-electron chi connectivity index (χ2n) is 3.55. The number of H-pyrrole nitrogens is 1. The molecular formula is C9H7ClN4O5S. The molecule has 0 saturated heterocycles. The van der Waals surface area contributed by atoms with E-state index >= 15 is 0 Å². The standard InChI is InChI=1S/C9H7ClN4O5S/c1-19-7-3-2-5(4-6(7)14(15)16)8-11-9(13-12-8)20(10,17)18/h2-4H,1H3,(H,11,12,13). The minimum absolute atomic E-state index is 0.0324. The zero-order valence-electron chi connectivity index (χ0n) is 9.90. The predicted molar refractivity (Wildman–Crippen MR) is 68.1 cm³/mol. The van der Waals surface area contributed by atoms with Crippen LogP contribution in [0.15, 0.2) is 23.4 Å². The van der Waals surface area contributed by atoms with Crippen molar-refractivity contribution in [1.82, 2.24) is 15.2 Å². The maximum absolute atomic E-state index is 11.1. The van der Waals surface area contributed by atoms with Crippen LogP contribution in [0.4, 0.5) is 5.69 Å². The molecule has 106 valence electrons. The first kappa shape index (κ1) is 14.2. The van der Waals surface area contributed by atoms with Gasteiger partial charge >= 0.3 is 5.69 Å². The van der Waals surface area contributed by atoms with Crippen LogP contribution >= 0.6 is 10.7 Å². The van der Waals surface area contributed by atoms with E-state index in [0.717, 1.165) is 0 Å². The van der Waals surface area contributed by atoms with Gasteiger partial charge in [0.25, 0.3) is 14.2 Å². The fourth-order valence-corrected chi connectivity index (χ4v) is 2.01. The van der Waals surface area contributed by atoms with Crippen molar-refractivity contribution >= 4 is 25.4 Å². The second-order valence-corrected chi connectivity index (χ2v) is 6.03. The topological polar surface area (TPSA) is 128 Å². The molecule has 0 radical (unpaired) electrons. The molecule has 20 heavy (non-hydrogen) atoms. The molecule has 0 bridgehead atoms. The van der Waals surface area contributed by atoms with Crippen molar-refractivity contribution in [3.8, 4) is 17.1 Å². The van der Waals surface area contributed by atoms with Crippen molar-refractivity contribution in [1.29, 1.82) is 0 Å². The molecule has 9 nitrogen and oxygen atoms in total. The summed E-state index contributed by atoms with van der Waals surface area (Å²) >= 11 is 0. The number of nitro benzene ring substituents is 1. The van der Waals surface area contributed by atoms with Gasteiger partial charge in [-0.05, 0) is 12.1 Å². The zero-order valence-corrected chi connectivity index (χ0v) is 11.5. The summed E-state index contributed by atoms with van der Waals surface area (Å²) in [7, 11) is 2.35. The van der Waals surface area contributed by atoms with Crippen LogP contribution in [0.3, 0.4) is 0 Å². The maximum atomic E-state index is 11.1. The van der Waals surface area contributed by atoms with E-state index in [1.165, 1.54) is 25.3 Å². The molecule has 2 aromatic rings. The second kappa shape index (κ2) is 5.06. The van der Waals surface area contributed by atoms with Crippen molar-refractivity contribution in [2.24, 2.45) is 0 Å². The molecule has 1 heterocycles. The number of halogens is 1. The number of nitrogens with one attached hydrogen (secondary N) is 1. The molecule has 0 spiro atoms. The number of nitrogens with zero attached hydrogens (tertiary/aromatic N) is 3. The fourth-order valence-electron chi connectivity index (χ4n) is 1.46. The lowest BCUT2D eigenvalue weighted by Gasteiger charge is -2.02. The largest absolute Gasteiger partial charge is 0.490 e. The van der Waals surface area contributed by atoms with Crippen LogP contribution in [0.2, 0.25) is 0 Å². The van der Waals surface area contributed by atoms with Gasteiger partial charge in [0.05, 0.1) is 12.0 Å². The van der Waals surface area contributed by atoms with E-state index in [2.05, 4.69) is 15.2 Å². The van der Waals surface area contributed by atoms with Crippen LogP contribution in [0.5, 0.6) is 5.75 Å². The first-order chi connectivity index (χ1) is 9.32. The summed E-state index contributed by atoms with van der Waals surface area (Å²) in [5.41, 5.74) is -0.0367. The van der Waals surface area contributed by atoms with Gasteiger partial charge in [-0.3, -0.25) is 10.1 Å². The highest BCUT2D eigenvalue weighted by atomic mass is 35.7. The molecule has 2 rings (SSSR count). The number of nitro groups is 1. The van der Waals surface area contributed by atoms with Gasteiger partial charge in [-0.25, -0.2) is 13.5 Å². The lowest BCUT2D eigenvalue weighted by Crippen LogP contribution is -1.95. The molecule has 0 aliphatic rings. The Morgan fingerprint density at radius 2 is 2.15 bits per heavy atom. The molecule has 0 aliphatic carbocycles. The molecule has 0 aliphatic heterocycles. The molecular weight excluding hydrogens is 312 g/mol. The van der Waals surface area contributed by atoms with Gasteiger partial charge in [0.1, 0.15) is 0 Å². The van der Waals surface area contributed by atoms with Gasteiger partial charge in [-0.15, -0.1) is 0 Å². The van der Waals surface area contributed by atoms with Gasteiger partial charge in [-0.2, -0.15) is 10.1 Å². The third-order valence-electron chi connectivity index (χ3n) is 2.33. The lowest BCUT2D eigenvalue weighted by atomic mass is 10.2. The summed E-state index contributed by atoms with van der Waals surface area (Å²) in [6, 6.07) is 3.99. The monoisotopic (exact) mass is 318 g/mol. The molecule has 1 aromatic carbocycles. The number of hydrogen-bond donors (Lipinski definition) is 1. The Kier molecular flexibility index (Phi) is 3.59. The van der Waals surface area contributed by atoms with Gasteiger partial charge in [-0.1, -0.05) is 0 Å². The SMILES string of the molecule is COc1ccc(-c2n[nH]c(S(=O)(=O)Cl)n2)cc1[N+](=O)[O-]. The zero-order chi connectivity index (χ0) is 14.9. The van der Waals surface area contributed by atoms with Gasteiger partial charge < -0.3 is 4.74 Å². The average molecular weight is 319 g/mol. The Morgan fingerprint density at radius 1 is 1.45 bits per heavy atom. The first-order valence-electron chi connectivity index (χ1n) is 5.03. The normalized spacial score (nSPS) is 11.3. The smallest absolute Gasteiger partial charge is 0.311 e. The van der Waals surface area contributed by atoms with E-state index in [1.54, 1.807) is 0 Å². The minimum atomic E-state index is -4.04. The van der Waals surface area contributed by atoms with Gasteiger partial charge in [0.15, 0.2) is 11.6 Å². The highest BCUT2D eigenvalue weighted by molar-refractivity contribution is 8.13. The van der Waals surface area contributed by atoms with Crippen LogP contribution in [0, 0.1) is 10.1 Å². The summed E-state index contributed by atoms with van der Waals surface area (Å²) in [5.74, 6) is 0.0365. The Labute approximate surface area is 117 Å². The van der Waals surface area contributed by atoms with Crippen LogP contribution in [0.1, 0.15) is 0 Å². The third-order valence-corrected chi connectivity index (χ3v) is 3.41. The summed E-state index contributed by atoms with van der Waals surface area (Å²) in [6.07, 6.45) is 0. The van der Waals surface area contributed by atoms with E-state index in [-0.39, 0.29) is 22.8 Å². The number of hydrogen-bond acceptors (Lipinski definition) is 7. The van der Waals surface area contributed by atoms with Crippen LogP contribution in [-0.2, 0) is 9.05 Å². The van der Waals surface area contributed by atoms with E-state index in [4.69, 9.17) is 15.4 Å². The Morgan fingerprint density at radius 3 is 2.65 bits per heavy atom. The summed E-state index contributed by atoms with van der Waals surface area (Å²) in [6.45, 7) is 0. The van der Waals surface area contributed by atoms with Crippen molar-refractivity contribution in [2.45, 2.75) is 5.16 Å².